The Labute approximate surface area is 528 Å². The van der Waals surface area contributed by atoms with E-state index >= 15 is 0 Å². The number of halogens is 6. The Balaban J connectivity index is 0.000000173. The second-order valence-corrected chi connectivity index (χ2v) is 20.8. The van der Waals surface area contributed by atoms with Gasteiger partial charge in [0.2, 0.25) is 0 Å². The molecule has 2 unspecified atom stereocenters. The molecule has 27 heteroatoms. The van der Waals surface area contributed by atoms with Gasteiger partial charge in [0, 0.05) is 98.8 Å². The number of hydrogen-bond acceptors (Lipinski definition) is 21. The zero-order valence-electron chi connectivity index (χ0n) is 67.5. The molecule has 12 rings (SSSR count). The average molecular weight is 1240 g/mol. The third kappa shape index (κ3) is 14.7. The zero-order chi connectivity index (χ0) is 80.4. The van der Waals surface area contributed by atoms with Crippen molar-refractivity contribution in [2.45, 2.75) is 75.8 Å². The van der Waals surface area contributed by atoms with Crippen LogP contribution in [0.4, 0.5) is 30.6 Å². The number of nitrogens with one attached hydrogen (secondary N) is 3. The minimum Gasteiger partial charge on any atom is -0.365 e. The predicted octanol–water partition coefficient (Wildman–Crippen LogP) is 11.5. The Hall–Kier alpha value is -7.02. The number of nitriles is 3. The smallest absolute Gasteiger partial charge is 0.186 e. The summed E-state index contributed by atoms with van der Waals surface area (Å²) >= 11 is 20.5. The number of aromatic nitrogens is 9. The maximum Gasteiger partial charge on any atom is 0.186 e. The van der Waals surface area contributed by atoms with Crippen molar-refractivity contribution in [2.24, 2.45) is 0 Å². The fraction of sp³-hybridized carbons (Fsp3) is 0.333. The number of piperidine rings is 3. The van der Waals surface area contributed by atoms with E-state index in [-0.39, 0.29) is 77.6 Å². The number of benzene rings is 3. The monoisotopic (exact) mass is 1230 g/mol. The Morgan fingerprint density at radius 1 is 0.556 bits per heavy atom. The van der Waals surface area contributed by atoms with E-state index < -0.39 is 192 Å². The highest BCUT2D eigenvalue weighted by atomic mass is 35.5. The van der Waals surface area contributed by atoms with Gasteiger partial charge in [-0.3, -0.25) is 14.7 Å². The molecule has 0 amide bonds. The summed E-state index contributed by atoms with van der Waals surface area (Å²) in [6.45, 7) is -10.2. The fourth-order valence-corrected chi connectivity index (χ4v) is 9.84. The number of hydrogen-bond donors (Lipinski definition) is 3. The van der Waals surface area contributed by atoms with Gasteiger partial charge in [-0.25, -0.2) is 58.0 Å². The molecule has 3 aliphatic heterocycles. The van der Waals surface area contributed by atoms with Crippen LogP contribution in [0.15, 0.2) is 73.5 Å². The molecule has 3 fully saturated rings. The molecule has 0 aliphatic carbocycles. The number of anilines is 3. The largest absolute Gasteiger partial charge is 0.365 e. The fourth-order valence-electron chi connectivity index (χ4n) is 7.06. The van der Waals surface area contributed by atoms with E-state index in [0.717, 1.165) is 91.4 Å². The topological polar surface area (TPSA) is 233 Å². The minimum absolute atomic E-state index is 0.00117. The summed E-state index contributed by atoms with van der Waals surface area (Å²) < 4.78 is 270. The van der Waals surface area contributed by atoms with E-state index in [2.05, 4.69) is 44.9 Å². The summed E-state index contributed by atoms with van der Waals surface area (Å²) in [4.78, 5) is 38.4. The standard InChI is InChI=1S/3C18H16ClFN6S/c3*19-18-25-15-16(22-10-23-17(15)27-18)24-13-3-5-26(6-4-13)9-11-1-2-14(20)12(7-11)8-21/h3*1-2,7,10,13H,3-6,9H2,(H,22,23,24)/i2D,3D2,4D2,9D2,10D,13D;2D,3D2,4D2,9D,10D,13D;2D,3D2,4D2,9D,13D/hD3. The summed E-state index contributed by atoms with van der Waals surface area (Å²) in [7, 11) is 0. The maximum absolute atomic E-state index is 14.0. The van der Waals surface area contributed by atoms with Crippen LogP contribution >= 0.6 is 68.8 Å². The first-order chi connectivity index (χ1) is 49.8. The van der Waals surface area contributed by atoms with Crippen molar-refractivity contribution >= 4 is 117 Å². The molecule has 0 spiro atoms. The summed E-state index contributed by atoms with van der Waals surface area (Å²) in [5.74, 6) is -4.57. The lowest BCUT2D eigenvalue weighted by atomic mass is 10.0. The summed E-state index contributed by atoms with van der Waals surface area (Å²) in [6, 6.07) is -0.349. The van der Waals surface area contributed by atoms with Crippen molar-refractivity contribution in [3.8, 4) is 18.2 Å². The van der Waals surface area contributed by atoms with Crippen molar-refractivity contribution in [3.63, 3.8) is 0 Å². The molecule has 18 nitrogen and oxygen atoms in total. The molecule has 81 heavy (non-hydrogen) atoms. The molecule has 9 aromatic rings. The van der Waals surface area contributed by atoms with Crippen molar-refractivity contribution in [1.82, 2.24) is 59.6 Å². The second kappa shape index (κ2) is 26.7. The van der Waals surface area contributed by atoms with Gasteiger partial charge < -0.3 is 15.9 Å². The zero-order valence-corrected chi connectivity index (χ0v) is 45.2. The normalized spacial score (nSPS) is 26.4. The highest BCUT2D eigenvalue weighted by molar-refractivity contribution is 7.22. The van der Waals surface area contributed by atoms with Gasteiger partial charge in [-0.05, 0) is 91.3 Å². The van der Waals surface area contributed by atoms with Crippen molar-refractivity contribution in [2.75, 3.05) is 55.2 Å². The van der Waals surface area contributed by atoms with E-state index in [9.17, 15) is 13.2 Å². The van der Waals surface area contributed by atoms with Crippen LogP contribution in [0, 0.1) is 51.4 Å². The van der Waals surface area contributed by atoms with Gasteiger partial charge in [0.1, 0.15) is 88.4 Å². The number of likely N-dealkylation sites (tertiary alicyclic amines) is 3. The molecule has 3 N–H and O–H groups in total. The quantitative estimate of drug-likeness (QED) is 0.103. The summed E-state index contributed by atoms with van der Waals surface area (Å²) in [5, 5.41) is 28.1. The molecule has 6 aromatic heterocycles. The molecule has 414 valence electrons. The first-order valence-electron chi connectivity index (χ1n) is 36.3. The van der Waals surface area contributed by atoms with Gasteiger partial charge in [0.15, 0.2) is 35.1 Å². The van der Waals surface area contributed by atoms with Crippen LogP contribution < -0.4 is 15.9 Å². The molecule has 0 saturated carbocycles. The van der Waals surface area contributed by atoms with E-state index in [1.165, 1.54) is 6.07 Å². The molecular formula is C54H48Cl3F3N18S3. The van der Waals surface area contributed by atoms with Crippen LogP contribution in [0.3, 0.4) is 0 Å². The third-order valence-corrected chi connectivity index (χ3v) is 13.9. The predicted molar refractivity (Wildman–Crippen MR) is 310 cm³/mol. The third-order valence-electron chi connectivity index (χ3n) is 10.7. The molecular weight excluding hydrogens is 1160 g/mol. The average Bonchev–Trinajstić information content (AvgIpc) is 0.866. The summed E-state index contributed by atoms with van der Waals surface area (Å²) in [6.07, 6.45) is -17.1. The molecule has 0 bridgehead atoms. The number of thiazole rings is 3. The minimum atomic E-state index is -3.03. The van der Waals surface area contributed by atoms with Crippen LogP contribution in [-0.4, -0.2) is 117 Å². The van der Waals surface area contributed by atoms with Gasteiger partial charge in [-0.1, -0.05) is 87.0 Å². The van der Waals surface area contributed by atoms with E-state index in [0.29, 0.717) is 5.31 Å². The van der Waals surface area contributed by atoms with Crippen LogP contribution in [0.5, 0.6) is 0 Å². The molecule has 3 saturated heterocycles. The van der Waals surface area contributed by atoms with Gasteiger partial charge in [-0.15, -0.1) is 0 Å². The van der Waals surface area contributed by atoms with Crippen molar-refractivity contribution < 1.29 is 50.3 Å². The van der Waals surface area contributed by atoms with Crippen molar-refractivity contribution in [3.05, 3.63) is 138 Å². The molecule has 9 heterocycles. The Bertz CT molecular complexity index is 5140. The number of fused-ring (bicyclic) bond motifs is 3. The molecule has 2 atom stereocenters. The number of nitrogens with zero attached hydrogens (tertiary/aromatic N) is 15. The maximum atomic E-state index is 14.0. The Morgan fingerprint density at radius 3 is 1.30 bits per heavy atom. The van der Waals surface area contributed by atoms with Crippen molar-refractivity contribution in [1.29, 1.82) is 15.8 Å². The van der Waals surface area contributed by atoms with Gasteiger partial charge in [-0.2, -0.15) is 15.8 Å². The molecule has 3 aliphatic rings. The second-order valence-electron chi connectivity index (χ2n) is 16.1. The van der Waals surface area contributed by atoms with Gasteiger partial charge in [0.05, 0.1) is 24.9 Å². The van der Waals surface area contributed by atoms with Gasteiger partial charge >= 0.3 is 0 Å². The van der Waals surface area contributed by atoms with Crippen LogP contribution in [-0.2, 0) is 19.5 Å². The highest BCUT2D eigenvalue weighted by Gasteiger charge is 2.25. The Kier molecular flexibility index (Phi) is 10.7. The first kappa shape index (κ1) is 32.6. The lowest BCUT2D eigenvalue weighted by Gasteiger charge is -2.32. The van der Waals surface area contributed by atoms with E-state index in [4.69, 9.17) is 87.7 Å². The lowest BCUT2D eigenvalue weighted by Crippen LogP contribution is -2.38. The van der Waals surface area contributed by atoms with Crippen LogP contribution in [0.2, 0.25) is 17.6 Å². The molecule has 3 aromatic carbocycles. The van der Waals surface area contributed by atoms with Crippen LogP contribution in [0.25, 0.3) is 31.0 Å². The Morgan fingerprint density at radius 2 is 0.901 bits per heavy atom. The number of rotatable bonds is 12. The molecule has 0 radical (unpaired) electrons. The van der Waals surface area contributed by atoms with E-state index in [1.54, 1.807) is 12.1 Å². The highest BCUT2D eigenvalue weighted by Crippen LogP contribution is 2.32. The SMILES string of the molecule is [2H]c1cc(C([2H])N2CC([2H])([2H])C([2H])(N([2H])c3ncnc4sc(Cl)nc34)C([2H])([2H])C2)cc(C#N)c1F.[2H]c1nc(N([2H])C2([2H])C([2H])([2H])CN(C([2H])([2H])c3cc([2H])c(F)c(C#N)c3)CC2([2H])[2H])c2nc(Cl)sc2n1.[2H]c1nc(N([2H])C2([2H])C([2H])([2H])CN(C([2H])c3cc([2H])c(F)c(C#N)c3)CC2([2H])[2H])c2nc(Cl)sc2n1. The first-order valence-corrected chi connectivity index (χ1v) is 26.3. The summed E-state index contributed by atoms with van der Waals surface area (Å²) in [5.41, 5.74) is -2.16. The van der Waals surface area contributed by atoms with E-state index in [1.807, 2.05) is 0 Å². The van der Waals surface area contributed by atoms with Crippen LogP contribution in [0.1, 0.15) is 105 Å². The lowest BCUT2D eigenvalue weighted by molar-refractivity contribution is 0.211. The van der Waals surface area contributed by atoms with Gasteiger partial charge in [0.25, 0.3) is 0 Å².